The zero-order valence-electron chi connectivity index (χ0n) is 12.5. The molecule has 2 aliphatic rings. The summed E-state index contributed by atoms with van der Waals surface area (Å²) in [4.78, 5) is 2.32. The molecule has 2 atom stereocenters. The van der Waals surface area contributed by atoms with Gasteiger partial charge in [0.05, 0.1) is 18.5 Å². The zero-order valence-corrected chi connectivity index (χ0v) is 13.4. The van der Waals surface area contributed by atoms with Crippen LogP contribution in [-0.2, 0) is 14.8 Å². The topological polar surface area (TPSA) is 61.9 Å². The third-order valence-electron chi connectivity index (χ3n) is 4.08. The molecular formula is C13H27N3O3S. The van der Waals surface area contributed by atoms with Crippen LogP contribution >= 0.6 is 0 Å². The molecule has 2 aliphatic heterocycles. The van der Waals surface area contributed by atoms with Crippen molar-refractivity contribution < 1.29 is 13.2 Å². The molecule has 2 rings (SSSR count). The highest BCUT2D eigenvalue weighted by molar-refractivity contribution is 7.88. The minimum atomic E-state index is -3.03. The van der Waals surface area contributed by atoms with Crippen molar-refractivity contribution in [1.29, 1.82) is 0 Å². The summed E-state index contributed by atoms with van der Waals surface area (Å²) in [7, 11) is -3.03. The van der Waals surface area contributed by atoms with Crippen LogP contribution < -0.4 is 5.32 Å². The molecule has 0 aliphatic carbocycles. The van der Waals surface area contributed by atoms with E-state index in [2.05, 4.69) is 17.1 Å². The fraction of sp³-hybridized carbons (Fsp3) is 1.00. The lowest BCUT2D eigenvalue weighted by molar-refractivity contribution is 0.0180. The fourth-order valence-corrected chi connectivity index (χ4v) is 3.73. The molecule has 118 valence electrons. The van der Waals surface area contributed by atoms with Gasteiger partial charge in [-0.05, 0) is 19.4 Å². The molecule has 6 nitrogen and oxygen atoms in total. The standard InChI is InChI=1S/C13H27N3O3S/c1-3-14-10-12-4-5-13(19-12)11-15-6-8-16(9-7-15)20(2,17)18/h12-14H,3-11H2,1-2H3. The van der Waals surface area contributed by atoms with E-state index in [0.717, 1.165) is 45.6 Å². The lowest BCUT2D eigenvalue weighted by atomic mass is 10.2. The number of nitrogens with one attached hydrogen (secondary N) is 1. The SMILES string of the molecule is CCNCC1CCC(CN2CCN(S(C)(=O)=O)CC2)O1. The number of hydrogen-bond donors (Lipinski definition) is 1. The second-order valence-electron chi connectivity index (χ2n) is 5.73. The molecule has 2 saturated heterocycles. The molecule has 1 N–H and O–H groups in total. The first-order valence-corrected chi connectivity index (χ1v) is 9.37. The van der Waals surface area contributed by atoms with E-state index in [9.17, 15) is 8.42 Å². The monoisotopic (exact) mass is 305 g/mol. The van der Waals surface area contributed by atoms with Gasteiger partial charge in [0.15, 0.2) is 0 Å². The van der Waals surface area contributed by atoms with Gasteiger partial charge in [-0.25, -0.2) is 8.42 Å². The zero-order chi connectivity index (χ0) is 14.6. The van der Waals surface area contributed by atoms with Gasteiger partial charge in [-0.2, -0.15) is 4.31 Å². The van der Waals surface area contributed by atoms with E-state index in [-0.39, 0.29) is 0 Å². The van der Waals surface area contributed by atoms with Crippen molar-refractivity contribution in [3.05, 3.63) is 0 Å². The quantitative estimate of drug-likeness (QED) is 0.731. The second kappa shape index (κ2) is 7.17. The molecule has 7 heteroatoms. The highest BCUT2D eigenvalue weighted by atomic mass is 32.2. The van der Waals surface area contributed by atoms with Crippen LogP contribution in [0.3, 0.4) is 0 Å². The predicted octanol–water partition coefficient (Wildman–Crippen LogP) is -0.279. The van der Waals surface area contributed by atoms with Gasteiger partial charge in [0.25, 0.3) is 0 Å². The van der Waals surface area contributed by atoms with Crippen LogP contribution in [0.1, 0.15) is 19.8 Å². The summed E-state index contributed by atoms with van der Waals surface area (Å²) in [5, 5.41) is 3.32. The first kappa shape index (κ1) is 16.2. The van der Waals surface area contributed by atoms with Gasteiger partial charge >= 0.3 is 0 Å². The normalized spacial score (nSPS) is 29.9. The highest BCUT2D eigenvalue weighted by Crippen LogP contribution is 2.20. The molecule has 0 aromatic carbocycles. The van der Waals surface area contributed by atoms with Gasteiger partial charge in [0, 0.05) is 39.3 Å². The van der Waals surface area contributed by atoms with E-state index in [1.54, 1.807) is 4.31 Å². The maximum absolute atomic E-state index is 11.5. The fourth-order valence-electron chi connectivity index (χ4n) is 2.90. The van der Waals surface area contributed by atoms with E-state index in [0.29, 0.717) is 25.3 Å². The lowest BCUT2D eigenvalue weighted by Crippen LogP contribution is -2.50. The van der Waals surface area contributed by atoms with E-state index < -0.39 is 10.0 Å². The van der Waals surface area contributed by atoms with Crippen LogP contribution in [0.2, 0.25) is 0 Å². The van der Waals surface area contributed by atoms with Gasteiger partial charge < -0.3 is 10.1 Å². The summed E-state index contributed by atoms with van der Waals surface area (Å²) in [6.45, 7) is 7.79. The van der Waals surface area contributed by atoms with Crippen LogP contribution in [0, 0.1) is 0 Å². The summed E-state index contributed by atoms with van der Waals surface area (Å²) >= 11 is 0. The third kappa shape index (κ3) is 4.66. The van der Waals surface area contributed by atoms with Crippen molar-refractivity contribution in [3.8, 4) is 0 Å². The minimum absolute atomic E-state index is 0.309. The molecule has 2 heterocycles. The first-order valence-electron chi connectivity index (χ1n) is 7.52. The summed E-state index contributed by atoms with van der Waals surface area (Å²) < 4.78 is 30.5. The molecule has 2 fully saturated rings. The molecular weight excluding hydrogens is 278 g/mol. The van der Waals surface area contributed by atoms with Crippen molar-refractivity contribution in [2.24, 2.45) is 0 Å². The molecule has 0 spiro atoms. The van der Waals surface area contributed by atoms with Crippen LogP contribution in [0.15, 0.2) is 0 Å². The van der Waals surface area contributed by atoms with E-state index in [1.807, 2.05) is 0 Å². The smallest absolute Gasteiger partial charge is 0.211 e. The Labute approximate surface area is 122 Å². The Morgan fingerprint density at radius 1 is 1.15 bits per heavy atom. The molecule has 2 unspecified atom stereocenters. The third-order valence-corrected chi connectivity index (χ3v) is 5.38. The van der Waals surface area contributed by atoms with Gasteiger partial charge in [-0.1, -0.05) is 6.92 Å². The lowest BCUT2D eigenvalue weighted by Gasteiger charge is -2.34. The molecule has 0 aromatic heterocycles. The molecule has 20 heavy (non-hydrogen) atoms. The van der Waals surface area contributed by atoms with Crippen LogP contribution in [0.4, 0.5) is 0 Å². The van der Waals surface area contributed by atoms with E-state index >= 15 is 0 Å². The second-order valence-corrected chi connectivity index (χ2v) is 7.71. The number of nitrogens with zero attached hydrogens (tertiary/aromatic N) is 2. The molecule has 0 aromatic rings. The molecule has 0 saturated carbocycles. The summed E-state index contributed by atoms with van der Waals surface area (Å²) in [5.74, 6) is 0. The van der Waals surface area contributed by atoms with Crippen molar-refractivity contribution in [3.63, 3.8) is 0 Å². The summed E-state index contributed by atoms with van der Waals surface area (Å²) in [6, 6.07) is 0. The van der Waals surface area contributed by atoms with Crippen molar-refractivity contribution >= 4 is 10.0 Å². The number of hydrogen-bond acceptors (Lipinski definition) is 5. The minimum Gasteiger partial charge on any atom is -0.372 e. The summed E-state index contributed by atoms with van der Waals surface area (Å²) in [5.41, 5.74) is 0. The van der Waals surface area contributed by atoms with Crippen LogP contribution in [-0.4, -0.2) is 81.9 Å². The van der Waals surface area contributed by atoms with Crippen molar-refractivity contribution in [2.75, 3.05) is 52.1 Å². The van der Waals surface area contributed by atoms with Crippen LogP contribution in [0.25, 0.3) is 0 Å². The average molecular weight is 305 g/mol. The Balaban J connectivity index is 1.69. The molecule has 0 bridgehead atoms. The number of likely N-dealkylation sites (N-methyl/N-ethyl adjacent to an activating group) is 1. The average Bonchev–Trinajstić information content (AvgIpc) is 2.83. The summed E-state index contributed by atoms with van der Waals surface area (Å²) in [6.07, 6.45) is 4.18. The molecule has 0 amide bonds. The Hall–Kier alpha value is -0.210. The van der Waals surface area contributed by atoms with E-state index in [1.165, 1.54) is 6.26 Å². The van der Waals surface area contributed by atoms with Crippen molar-refractivity contribution in [1.82, 2.24) is 14.5 Å². The van der Waals surface area contributed by atoms with Gasteiger partial charge in [0.2, 0.25) is 10.0 Å². The number of piperazine rings is 1. The maximum Gasteiger partial charge on any atom is 0.211 e. The highest BCUT2D eigenvalue weighted by Gasteiger charge is 2.29. The predicted molar refractivity (Wildman–Crippen MR) is 79.3 cm³/mol. The largest absolute Gasteiger partial charge is 0.372 e. The first-order chi connectivity index (χ1) is 9.49. The Morgan fingerprint density at radius 2 is 1.80 bits per heavy atom. The number of rotatable bonds is 6. The van der Waals surface area contributed by atoms with E-state index in [4.69, 9.17) is 4.74 Å². The van der Waals surface area contributed by atoms with Gasteiger partial charge in [-0.3, -0.25) is 4.90 Å². The van der Waals surface area contributed by atoms with Gasteiger partial charge in [-0.15, -0.1) is 0 Å². The number of sulfonamides is 1. The van der Waals surface area contributed by atoms with Gasteiger partial charge in [0.1, 0.15) is 0 Å². The number of ether oxygens (including phenoxy) is 1. The Kier molecular flexibility index (Phi) is 5.80. The van der Waals surface area contributed by atoms with Crippen LogP contribution in [0.5, 0.6) is 0 Å². The molecule has 0 radical (unpaired) electrons. The maximum atomic E-state index is 11.5. The van der Waals surface area contributed by atoms with Crippen molar-refractivity contribution in [2.45, 2.75) is 32.0 Å². The Morgan fingerprint density at radius 3 is 2.40 bits per heavy atom. The Bertz CT molecular complexity index is 394.